The standard InChI is InChI=1S/C14H20FN3O2/c1-2-17-14(19)13-9-20-6-5-18(13)12-4-3-11(15)7-10(12)8-16/h3-4,7,13H,2,5-6,8-9,16H2,1H3,(H,17,19). The van der Waals surface area contributed by atoms with Crippen LogP contribution >= 0.6 is 0 Å². The molecule has 0 radical (unpaired) electrons. The normalized spacial score (nSPS) is 18.9. The maximum absolute atomic E-state index is 13.3. The molecule has 110 valence electrons. The summed E-state index contributed by atoms with van der Waals surface area (Å²) in [6.45, 7) is 4.11. The van der Waals surface area contributed by atoms with E-state index in [0.717, 1.165) is 5.69 Å². The average molecular weight is 281 g/mol. The Labute approximate surface area is 117 Å². The van der Waals surface area contributed by atoms with E-state index >= 15 is 0 Å². The van der Waals surface area contributed by atoms with Crippen molar-refractivity contribution in [2.75, 3.05) is 31.2 Å². The van der Waals surface area contributed by atoms with Crippen molar-refractivity contribution in [3.05, 3.63) is 29.6 Å². The summed E-state index contributed by atoms with van der Waals surface area (Å²) in [5.74, 6) is -0.406. The Hall–Kier alpha value is -1.66. The monoisotopic (exact) mass is 281 g/mol. The van der Waals surface area contributed by atoms with Gasteiger partial charge in [0, 0.05) is 25.3 Å². The zero-order valence-corrected chi connectivity index (χ0v) is 11.6. The van der Waals surface area contributed by atoms with Gasteiger partial charge in [0.05, 0.1) is 13.2 Å². The van der Waals surface area contributed by atoms with E-state index in [1.165, 1.54) is 12.1 Å². The van der Waals surface area contributed by atoms with Crippen LogP contribution in [0.4, 0.5) is 10.1 Å². The molecule has 20 heavy (non-hydrogen) atoms. The molecule has 1 aliphatic rings. The third kappa shape index (κ3) is 3.08. The molecule has 1 unspecified atom stereocenters. The predicted octanol–water partition coefficient (Wildman–Crippen LogP) is 0.626. The number of morpholine rings is 1. The first-order chi connectivity index (χ1) is 9.67. The molecule has 1 amide bonds. The SMILES string of the molecule is CCNC(=O)C1COCCN1c1ccc(F)cc1CN. The van der Waals surface area contributed by atoms with Gasteiger partial charge in [-0.05, 0) is 30.7 Å². The minimum absolute atomic E-state index is 0.0838. The molecule has 1 aliphatic heterocycles. The second-order valence-electron chi connectivity index (χ2n) is 4.66. The molecule has 0 spiro atoms. The summed E-state index contributed by atoms with van der Waals surface area (Å²) in [5.41, 5.74) is 7.18. The van der Waals surface area contributed by atoms with Crippen LogP contribution in [0.25, 0.3) is 0 Å². The molecule has 3 N–H and O–H groups in total. The van der Waals surface area contributed by atoms with Gasteiger partial charge in [-0.2, -0.15) is 0 Å². The van der Waals surface area contributed by atoms with Crippen LogP contribution in [0.3, 0.4) is 0 Å². The van der Waals surface area contributed by atoms with Crippen molar-refractivity contribution in [2.45, 2.75) is 19.5 Å². The lowest BCUT2D eigenvalue weighted by Gasteiger charge is -2.37. The first kappa shape index (κ1) is 14.7. The number of nitrogens with one attached hydrogen (secondary N) is 1. The molecule has 1 heterocycles. The fraction of sp³-hybridized carbons (Fsp3) is 0.500. The van der Waals surface area contributed by atoms with E-state index in [-0.39, 0.29) is 18.3 Å². The van der Waals surface area contributed by atoms with E-state index in [0.29, 0.717) is 31.9 Å². The van der Waals surface area contributed by atoms with Crippen molar-refractivity contribution in [3.63, 3.8) is 0 Å². The van der Waals surface area contributed by atoms with E-state index < -0.39 is 6.04 Å². The number of hydrogen-bond acceptors (Lipinski definition) is 4. The Bertz CT molecular complexity index is 481. The van der Waals surface area contributed by atoms with Crippen molar-refractivity contribution in [3.8, 4) is 0 Å². The quantitative estimate of drug-likeness (QED) is 0.849. The van der Waals surface area contributed by atoms with Gasteiger partial charge in [-0.15, -0.1) is 0 Å². The van der Waals surface area contributed by atoms with Crippen molar-refractivity contribution < 1.29 is 13.9 Å². The van der Waals surface area contributed by atoms with Crippen LogP contribution in [-0.2, 0) is 16.1 Å². The molecule has 1 fully saturated rings. The second kappa shape index (κ2) is 6.67. The summed E-state index contributed by atoms with van der Waals surface area (Å²) < 4.78 is 18.7. The van der Waals surface area contributed by atoms with Gasteiger partial charge in [0.15, 0.2) is 0 Å². The first-order valence-electron chi connectivity index (χ1n) is 6.78. The summed E-state index contributed by atoms with van der Waals surface area (Å²) in [4.78, 5) is 14.1. The number of rotatable bonds is 4. The predicted molar refractivity (Wildman–Crippen MR) is 74.9 cm³/mol. The molecule has 0 aliphatic carbocycles. The number of nitrogens with two attached hydrogens (primary N) is 1. The van der Waals surface area contributed by atoms with Gasteiger partial charge in [0.1, 0.15) is 11.9 Å². The molecule has 2 rings (SSSR count). The minimum Gasteiger partial charge on any atom is -0.377 e. The molecular weight excluding hydrogens is 261 g/mol. The summed E-state index contributed by atoms with van der Waals surface area (Å²) in [6, 6.07) is 4.08. The number of hydrogen-bond donors (Lipinski definition) is 2. The molecule has 1 aromatic rings. The fourth-order valence-electron chi connectivity index (χ4n) is 2.40. The molecule has 6 heteroatoms. The lowest BCUT2D eigenvalue weighted by Crippen LogP contribution is -2.54. The molecule has 1 saturated heterocycles. The van der Waals surface area contributed by atoms with Crippen LogP contribution in [0.2, 0.25) is 0 Å². The van der Waals surface area contributed by atoms with E-state index in [1.807, 2.05) is 11.8 Å². The van der Waals surface area contributed by atoms with Gasteiger partial charge in [0.25, 0.3) is 0 Å². The van der Waals surface area contributed by atoms with Gasteiger partial charge < -0.3 is 20.7 Å². The zero-order chi connectivity index (χ0) is 14.5. The Morgan fingerprint density at radius 1 is 1.60 bits per heavy atom. The van der Waals surface area contributed by atoms with Crippen LogP contribution < -0.4 is 16.0 Å². The van der Waals surface area contributed by atoms with Crippen molar-refractivity contribution in [1.29, 1.82) is 0 Å². The number of ether oxygens (including phenoxy) is 1. The van der Waals surface area contributed by atoms with Crippen molar-refractivity contribution in [2.24, 2.45) is 5.73 Å². The smallest absolute Gasteiger partial charge is 0.245 e. The van der Waals surface area contributed by atoms with Crippen LogP contribution in [-0.4, -0.2) is 38.3 Å². The van der Waals surface area contributed by atoms with Gasteiger partial charge in [-0.25, -0.2) is 4.39 Å². The van der Waals surface area contributed by atoms with E-state index in [2.05, 4.69) is 5.32 Å². The van der Waals surface area contributed by atoms with Crippen LogP contribution in [0, 0.1) is 5.82 Å². The Kier molecular flexibility index (Phi) is 4.92. The number of carbonyl (C=O) groups excluding carboxylic acids is 1. The summed E-state index contributed by atoms with van der Waals surface area (Å²) in [5, 5.41) is 2.80. The van der Waals surface area contributed by atoms with E-state index in [9.17, 15) is 9.18 Å². The second-order valence-corrected chi connectivity index (χ2v) is 4.66. The number of anilines is 1. The number of likely N-dealkylation sites (N-methyl/N-ethyl adjacent to an activating group) is 1. The number of amides is 1. The van der Waals surface area contributed by atoms with Crippen LogP contribution in [0.15, 0.2) is 18.2 Å². The molecule has 5 nitrogen and oxygen atoms in total. The maximum Gasteiger partial charge on any atom is 0.245 e. The maximum atomic E-state index is 13.3. The van der Waals surface area contributed by atoms with Gasteiger partial charge in [-0.3, -0.25) is 4.79 Å². The lowest BCUT2D eigenvalue weighted by molar-refractivity contribution is -0.124. The number of nitrogens with zero attached hydrogens (tertiary/aromatic N) is 1. The Morgan fingerprint density at radius 2 is 2.40 bits per heavy atom. The highest BCUT2D eigenvalue weighted by Crippen LogP contribution is 2.25. The topological polar surface area (TPSA) is 67.6 Å². The molecule has 0 saturated carbocycles. The molecule has 1 atom stereocenters. The third-order valence-corrected chi connectivity index (χ3v) is 3.35. The number of carbonyl (C=O) groups is 1. The van der Waals surface area contributed by atoms with Gasteiger partial charge in [-0.1, -0.05) is 0 Å². The third-order valence-electron chi connectivity index (χ3n) is 3.35. The van der Waals surface area contributed by atoms with Gasteiger partial charge >= 0.3 is 0 Å². The molecule has 0 aromatic heterocycles. The summed E-state index contributed by atoms with van der Waals surface area (Å²) >= 11 is 0. The highest BCUT2D eigenvalue weighted by atomic mass is 19.1. The molecule has 1 aromatic carbocycles. The lowest BCUT2D eigenvalue weighted by atomic mass is 10.1. The van der Waals surface area contributed by atoms with Crippen LogP contribution in [0.1, 0.15) is 12.5 Å². The molecule has 0 bridgehead atoms. The van der Waals surface area contributed by atoms with Crippen molar-refractivity contribution in [1.82, 2.24) is 5.32 Å². The minimum atomic E-state index is -0.403. The highest BCUT2D eigenvalue weighted by molar-refractivity contribution is 5.86. The Balaban J connectivity index is 2.30. The van der Waals surface area contributed by atoms with Crippen molar-refractivity contribution >= 4 is 11.6 Å². The zero-order valence-electron chi connectivity index (χ0n) is 11.6. The van der Waals surface area contributed by atoms with E-state index in [1.54, 1.807) is 6.07 Å². The summed E-state index contributed by atoms with van der Waals surface area (Å²) in [6.07, 6.45) is 0. The highest BCUT2D eigenvalue weighted by Gasteiger charge is 2.30. The average Bonchev–Trinajstić information content (AvgIpc) is 2.47. The first-order valence-corrected chi connectivity index (χ1v) is 6.78. The van der Waals surface area contributed by atoms with E-state index in [4.69, 9.17) is 10.5 Å². The fourth-order valence-corrected chi connectivity index (χ4v) is 2.40. The van der Waals surface area contributed by atoms with Crippen LogP contribution in [0.5, 0.6) is 0 Å². The van der Waals surface area contributed by atoms with Gasteiger partial charge in [0.2, 0.25) is 5.91 Å². The largest absolute Gasteiger partial charge is 0.377 e. The summed E-state index contributed by atoms with van der Waals surface area (Å²) in [7, 11) is 0. The Morgan fingerprint density at radius 3 is 3.10 bits per heavy atom. The number of halogens is 1. The number of benzene rings is 1. The molecular formula is C14H20FN3O2.